The molecule has 0 aromatic rings. The molecular weight excluding hydrogens is 104 g/mol. The van der Waals surface area contributed by atoms with Crippen LogP contribution in [-0.2, 0) is 4.79 Å². The van der Waals surface area contributed by atoms with Crippen LogP contribution in [0.15, 0.2) is 24.8 Å². The second kappa shape index (κ2) is 4.12. The van der Waals surface area contributed by atoms with Gasteiger partial charge in [-0.1, -0.05) is 24.8 Å². The molecule has 0 saturated heterocycles. The van der Waals surface area contributed by atoms with Crippen molar-refractivity contribution in [3.05, 3.63) is 24.8 Å². The van der Waals surface area contributed by atoms with Gasteiger partial charge in [0.2, 0.25) is 0 Å². The standard InChI is InChI=1S/C6H8O2/c1-2-3-4-5-6(7)8/h2-4H,1,5H2,(H,7,8). The van der Waals surface area contributed by atoms with Crippen molar-refractivity contribution in [3.8, 4) is 0 Å². The molecule has 2 nitrogen and oxygen atoms in total. The molecule has 2 heteroatoms. The number of carboxylic acid groups (broad SMARTS) is 1. The molecule has 0 aromatic heterocycles. The summed E-state index contributed by atoms with van der Waals surface area (Å²) in [6, 6.07) is 0. The Morgan fingerprint density at radius 2 is 2.38 bits per heavy atom. The monoisotopic (exact) mass is 112 g/mol. The fraction of sp³-hybridized carbons (Fsp3) is 0.167. The lowest BCUT2D eigenvalue weighted by atomic mass is 10.4. The number of carboxylic acids is 1. The number of allylic oxidation sites excluding steroid dienone is 2. The first-order valence-electron chi connectivity index (χ1n) is 2.26. The summed E-state index contributed by atoms with van der Waals surface area (Å²) in [4.78, 5) is 9.79. The Kier molecular flexibility index (Phi) is 3.58. The molecule has 0 spiro atoms. The maximum absolute atomic E-state index is 9.79. The average molecular weight is 112 g/mol. The van der Waals surface area contributed by atoms with Crippen molar-refractivity contribution < 1.29 is 9.90 Å². The molecule has 0 fully saturated rings. The zero-order valence-electron chi connectivity index (χ0n) is 4.50. The van der Waals surface area contributed by atoms with Crippen molar-refractivity contribution in [1.29, 1.82) is 0 Å². The summed E-state index contributed by atoms with van der Waals surface area (Å²) in [6.07, 6.45) is 4.76. The predicted molar refractivity (Wildman–Crippen MR) is 31.6 cm³/mol. The van der Waals surface area contributed by atoms with Gasteiger partial charge < -0.3 is 5.11 Å². The molecule has 0 aromatic carbocycles. The van der Waals surface area contributed by atoms with Gasteiger partial charge in [-0.15, -0.1) is 0 Å². The summed E-state index contributed by atoms with van der Waals surface area (Å²) in [5.41, 5.74) is 0. The van der Waals surface area contributed by atoms with Crippen LogP contribution in [0.1, 0.15) is 6.42 Å². The second-order valence-corrected chi connectivity index (χ2v) is 1.26. The van der Waals surface area contributed by atoms with E-state index in [0.29, 0.717) is 0 Å². The lowest BCUT2D eigenvalue weighted by molar-refractivity contribution is -0.135. The molecule has 0 unspecified atom stereocenters. The van der Waals surface area contributed by atoms with E-state index in [-0.39, 0.29) is 6.42 Å². The van der Waals surface area contributed by atoms with E-state index in [9.17, 15) is 4.79 Å². The van der Waals surface area contributed by atoms with Crippen LogP contribution in [0.3, 0.4) is 0 Å². The molecular formula is C6H8O2. The van der Waals surface area contributed by atoms with E-state index in [1.54, 1.807) is 12.2 Å². The Morgan fingerprint density at radius 1 is 1.75 bits per heavy atom. The molecule has 44 valence electrons. The van der Waals surface area contributed by atoms with E-state index in [4.69, 9.17) is 5.11 Å². The van der Waals surface area contributed by atoms with Gasteiger partial charge in [-0.05, 0) is 0 Å². The largest absolute Gasteiger partial charge is 0.481 e. The normalized spacial score (nSPS) is 9.50. The van der Waals surface area contributed by atoms with Crippen LogP contribution < -0.4 is 0 Å². The number of hydrogen-bond donors (Lipinski definition) is 1. The van der Waals surface area contributed by atoms with E-state index in [1.165, 1.54) is 6.08 Å². The Labute approximate surface area is 48.1 Å². The Hall–Kier alpha value is -1.05. The summed E-state index contributed by atoms with van der Waals surface area (Å²) >= 11 is 0. The SMILES string of the molecule is C=CC=CCC(=O)O. The van der Waals surface area contributed by atoms with Crippen molar-refractivity contribution in [2.24, 2.45) is 0 Å². The van der Waals surface area contributed by atoms with Crippen LogP contribution in [0, 0.1) is 0 Å². The lowest BCUT2D eigenvalue weighted by Crippen LogP contribution is -1.88. The predicted octanol–water partition coefficient (Wildman–Crippen LogP) is 1.20. The number of carbonyl (C=O) groups is 1. The topological polar surface area (TPSA) is 37.3 Å². The van der Waals surface area contributed by atoms with E-state index in [0.717, 1.165) is 0 Å². The van der Waals surface area contributed by atoms with E-state index in [1.807, 2.05) is 0 Å². The Bertz CT molecular complexity index is 114. The summed E-state index contributed by atoms with van der Waals surface area (Å²) in [6.45, 7) is 3.38. The van der Waals surface area contributed by atoms with Gasteiger partial charge in [0, 0.05) is 0 Å². The number of aliphatic carboxylic acids is 1. The molecule has 0 atom stereocenters. The van der Waals surface area contributed by atoms with Gasteiger partial charge in [0.15, 0.2) is 0 Å². The first kappa shape index (κ1) is 6.95. The number of rotatable bonds is 3. The van der Waals surface area contributed by atoms with Gasteiger partial charge in [-0.2, -0.15) is 0 Å². The van der Waals surface area contributed by atoms with Crippen LogP contribution in [0.25, 0.3) is 0 Å². The number of hydrogen-bond acceptors (Lipinski definition) is 1. The Balaban J connectivity index is 3.29. The van der Waals surface area contributed by atoms with Crippen LogP contribution in [0.4, 0.5) is 0 Å². The van der Waals surface area contributed by atoms with E-state index in [2.05, 4.69) is 6.58 Å². The van der Waals surface area contributed by atoms with E-state index >= 15 is 0 Å². The van der Waals surface area contributed by atoms with Gasteiger partial charge in [0.25, 0.3) is 0 Å². The summed E-state index contributed by atoms with van der Waals surface area (Å²) in [5.74, 6) is -0.817. The third-order valence-electron chi connectivity index (χ3n) is 0.565. The third kappa shape index (κ3) is 4.95. The van der Waals surface area contributed by atoms with Gasteiger partial charge >= 0.3 is 5.97 Å². The molecule has 1 N–H and O–H groups in total. The highest BCUT2D eigenvalue weighted by Crippen LogP contribution is 1.81. The zero-order chi connectivity index (χ0) is 6.41. The highest BCUT2D eigenvalue weighted by Gasteiger charge is 1.85. The summed E-state index contributed by atoms with van der Waals surface area (Å²) in [5, 5.41) is 8.05. The average Bonchev–Trinajstić information content (AvgIpc) is 1.66. The molecule has 8 heavy (non-hydrogen) atoms. The maximum atomic E-state index is 9.79. The highest BCUT2D eigenvalue weighted by atomic mass is 16.4. The maximum Gasteiger partial charge on any atom is 0.307 e. The van der Waals surface area contributed by atoms with Gasteiger partial charge in [0.1, 0.15) is 0 Å². The smallest absolute Gasteiger partial charge is 0.307 e. The van der Waals surface area contributed by atoms with Crippen molar-refractivity contribution in [2.75, 3.05) is 0 Å². The van der Waals surface area contributed by atoms with Crippen LogP contribution >= 0.6 is 0 Å². The second-order valence-electron chi connectivity index (χ2n) is 1.26. The minimum Gasteiger partial charge on any atom is -0.481 e. The van der Waals surface area contributed by atoms with Gasteiger partial charge in [0.05, 0.1) is 6.42 Å². The first-order valence-corrected chi connectivity index (χ1v) is 2.26. The quantitative estimate of drug-likeness (QED) is 0.557. The molecule has 0 saturated carbocycles. The summed E-state index contributed by atoms with van der Waals surface area (Å²) < 4.78 is 0. The van der Waals surface area contributed by atoms with Crippen molar-refractivity contribution in [2.45, 2.75) is 6.42 Å². The third-order valence-corrected chi connectivity index (χ3v) is 0.565. The van der Waals surface area contributed by atoms with Crippen LogP contribution in [0.2, 0.25) is 0 Å². The van der Waals surface area contributed by atoms with Crippen LogP contribution in [0.5, 0.6) is 0 Å². The minimum atomic E-state index is -0.817. The first-order chi connectivity index (χ1) is 3.77. The van der Waals surface area contributed by atoms with Crippen molar-refractivity contribution in [3.63, 3.8) is 0 Å². The molecule has 0 rings (SSSR count). The zero-order valence-corrected chi connectivity index (χ0v) is 4.50. The molecule has 0 heterocycles. The van der Waals surface area contributed by atoms with Gasteiger partial charge in [-0.3, -0.25) is 4.79 Å². The summed E-state index contributed by atoms with van der Waals surface area (Å²) in [7, 11) is 0. The molecule has 0 radical (unpaired) electrons. The molecule has 0 aliphatic rings. The van der Waals surface area contributed by atoms with Crippen molar-refractivity contribution >= 4 is 5.97 Å². The van der Waals surface area contributed by atoms with Crippen LogP contribution in [-0.4, -0.2) is 11.1 Å². The lowest BCUT2D eigenvalue weighted by Gasteiger charge is -1.78. The van der Waals surface area contributed by atoms with Crippen molar-refractivity contribution in [1.82, 2.24) is 0 Å². The molecule has 0 bridgehead atoms. The molecule has 0 aliphatic carbocycles. The fourth-order valence-electron chi connectivity index (χ4n) is 0.265. The Morgan fingerprint density at radius 3 is 2.75 bits per heavy atom. The highest BCUT2D eigenvalue weighted by molar-refractivity contribution is 5.68. The van der Waals surface area contributed by atoms with E-state index < -0.39 is 5.97 Å². The van der Waals surface area contributed by atoms with Gasteiger partial charge in [-0.25, -0.2) is 0 Å². The minimum absolute atomic E-state index is 0.0754. The molecule has 0 amide bonds. The fourth-order valence-corrected chi connectivity index (χ4v) is 0.265. The molecule has 0 aliphatic heterocycles.